The van der Waals surface area contributed by atoms with Gasteiger partial charge in [-0.25, -0.2) is 0 Å². The molecule has 0 aromatic heterocycles. The molecule has 2 atom stereocenters. The highest BCUT2D eigenvalue weighted by molar-refractivity contribution is 8.02. The Labute approximate surface area is 263 Å². The topological polar surface area (TPSA) is 49.9 Å². The van der Waals surface area contributed by atoms with Crippen LogP contribution in [-0.2, 0) is 17.7 Å². The predicted molar refractivity (Wildman–Crippen MR) is 182 cm³/mol. The molecular formula is C30H68N4O4SSi2. The maximum absolute atomic E-state index is 6.08. The summed E-state index contributed by atoms with van der Waals surface area (Å²) in [5.74, 6) is 0. The molecule has 41 heavy (non-hydrogen) atoms. The highest BCUT2D eigenvalue weighted by Crippen LogP contribution is 2.53. The molecule has 0 saturated carbocycles. The zero-order valence-electron chi connectivity index (χ0n) is 29.5. The first kappa shape index (κ1) is 41.5. The van der Waals surface area contributed by atoms with Crippen molar-refractivity contribution in [2.45, 2.75) is 116 Å². The lowest BCUT2D eigenvalue weighted by Gasteiger charge is -2.57. The van der Waals surface area contributed by atoms with E-state index in [2.05, 4.69) is 101 Å². The maximum atomic E-state index is 6.08. The largest absolute Gasteiger partial charge is 0.397 e. The standard InChI is InChI=1S/C30H68N4O4SSi2/c1-15-29(25-40(35-11)36-12,27(31(17-3)18-4)32(19-5)20-6)39-30(16-2,26-41(37-13)38-14)28(33(21-7)22-8)34(23-9)24-10/h27-28H,15-26H2,1-14H3. The van der Waals surface area contributed by atoms with Gasteiger partial charge in [-0.2, -0.15) is 0 Å². The van der Waals surface area contributed by atoms with Crippen LogP contribution in [0.25, 0.3) is 0 Å². The molecule has 0 N–H and O–H groups in total. The SMILES string of the molecule is CCN(CC)C(N(CC)CC)C(CC)(C[Si](OC)OC)SC(CC)(C[Si](OC)OC)C(N(CC)CC)N(CC)CC. The Morgan fingerprint density at radius 1 is 0.463 bits per heavy atom. The van der Waals surface area contributed by atoms with E-state index >= 15 is 0 Å². The lowest BCUT2D eigenvalue weighted by Crippen LogP contribution is -2.66. The van der Waals surface area contributed by atoms with E-state index < -0.39 is 18.6 Å². The van der Waals surface area contributed by atoms with Crippen LogP contribution < -0.4 is 0 Å². The minimum Gasteiger partial charge on any atom is -0.397 e. The summed E-state index contributed by atoms with van der Waals surface area (Å²) in [6.07, 6.45) is 2.52. The fraction of sp³-hybridized carbons (Fsp3) is 1.00. The van der Waals surface area contributed by atoms with Gasteiger partial charge in [0, 0.05) is 50.0 Å². The molecule has 0 aromatic rings. The fourth-order valence-corrected chi connectivity index (χ4v) is 12.5. The molecule has 0 heterocycles. The van der Waals surface area contributed by atoms with E-state index in [1.54, 1.807) is 0 Å². The average molecular weight is 637 g/mol. The number of hydrogen-bond acceptors (Lipinski definition) is 9. The molecule has 0 amide bonds. The molecule has 8 nitrogen and oxygen atoms in total. The fourth-order valence-electron chi connectivity index (χ4n) is 6.54. The molecule has 0 saturated heterocycles. The van der Waals surface area contributed by atoms with Crippen LogP contribution >= 0.6 is 11.8 Å². The summed E-state index contributed by atoms with van der Waals surface area (Å²) in [6.45, 7) is 31.3. The van der Waals surface area contributed by atoms with Crippen LogP contribution in [0.2, 0.25) is 12.1 Å². The molecule has 0 fully saturated rings. The second-order valence-electron chi connectivity index (χ2n) is 10.5. The highest BCUT2D eigenvalue weighted by Gasteiger charge is 2.55. The molecule has 246 valence electrons. The lowest BCUT2D eigenvalue weighted by molar-refractivity contribution is 0.0167. The van der Waals surface area contributed by atoms with Crippen LogP contribution in [0.4, 0.5) is 0 Å². The Kier molecular flexibility index (Phi) is 22.3. The van der Waals surface area contributed by atoms with E-state index in [4.69, 9.17) is 17.7 Å². The monoisotopic (exact) mass is 636 g/mol. The van der Waals surface area contributed by atoms with Crippen molar-refractivity contribution in [2.75, 3.05) is 80.8 Å². The smallest absolute Gasteiger partial charge is 0.385 e. The van der Waals surface area contributed by atoms with Crippen LogP contribution in [0.15, 0.2) is 0 Å². The van der Waals surface area contributed by atoms with E-state index in [0.717, 1.165) is 77.3 Å². The number of thioether (sulfide) groups is 1. The van der Waals surface area contributed by atoms with Gasteiger partial charge in [0.25, 0.3) is 0 Å². The van der Waals surface area contributed by atoms with Crippen molar-refractivity contribution in [3.63, 3.8) is 0 Å². The molecule has 11 heteroatoms. The van der Waals surface area contributed by atoms with Gasteiger partial charge in [0.15, 0.2) is 0 Å². The first-order chi connectivity index (χ1) is 19.6. The molecule has 0 spiro atoms. The zero-order chi connectivity index (χ0) is 31.6. The van der Waals surface area contributed by atoms with Gasteiger partial charge < -0.3 is 17.7 Å². The second-order valence-corrected chi connectivity index (χ2v) is 16.1. The Balaban J connectivity index is 7.82. The van der Waals surface area contributed by atoms with Crippen LogP contribution in [0, 0.1) is 0 Å². The summed E-state index contributed by atoms with van der Waals surface area (Å²) >= 11 is 2.22. The van der Waals surface area contributed by atoms with Gasteiger partial charge >= 0.3 is 18.6 Å². The second kappa shape index (κ2) is 22.0. The summed E-state index contributed by atoms with van der Waals surface area (Å²) in [5.41, 5.74) is 0. The molecule has 0 aliphatic carbocycles. The van der Waals surface area contributed by atoms with Gasteiger partial charge in [-0.05, 0) is 65.2 Å². The predicted octanol–water partition coefficient (Wildman–Crippen LogP) is 5.60. The van der Waals surface area contributed by atoms with Crippen molar-refractivity contribution in [2.24, 2.45) is 0 Å². The van der Waals surface area contributed by atoms with E-state index in [9.17, 15) is 0 Å². The number of hydrogen-bond donors (Lipinski definition) is 0. The minimum absolute atomic E-state index is 0.138. The zero-order valence-corrected chi connectivity index (χ0v) is 32.3. The van der Waals surface area contributed by atoms with Crippen LogP contribution in [-0.4, -0.2) is 141 Å². The molecule has 0 bridgehead atoms. The van der Waals surface area contributed by atoms with Crippen molar-refractivity contribution in [1.82, 2.24) is 19.6 Å². The number of rotatable bonds is 26. The quantitative estimate of drug-likeness (QED) is 0.0892. The van der Waals surface area contributed by atoms with Crippen LogP contribution in [0.3, 0.4) is 0 Å². The van der Waals surface area contributed by atoms with Crippen LogP contribution in [0.5, 0.6) is 0 Å². The van der Waals surface area contributed by atoms with E-state index in [0.29, 0.717) is 0 Å². The van der Waals surface area contributed by atoms with Gasteiger partial charge in [0.1, 0.15) is 0 Å². The third-order valence-electron chi connectivity index (χ3n) is 8.98. The Morgan fingerprint density at radius 3 is 0.829 bits per heavy atom. The molecule has 0 aromatic carbocycles. The van der Waals surface area contributed by atoms with Crippen molar-refractivity contribution < 1.29 is 17.7 Å². The summed E-state index contributed by atoms with van der Waals surface area (Å²) in [7, 11) is 4.31. The Bertz CT molecular complexity index is 562. The Morgan fingerprint density at radius 2 is 0.683 bits per heavy atom. The summed E-state index contributed by atoms with van der Waals surface area (Å²) in [5, 5.41) is 0. The summed E-state index contributed by atoms with van der Waals surface area (Å²) in [6, 6.07) is 1.80. The summed E-state index contributed by atoms with van der Waals surface area (Å²) < 4.78 is 24.0. The number of nitrogens with zero attached hydrogens (tertiary/aromatic N) is 4. The minimum atomic E-state index is -1.50. The van der Waals surface area contributed by atoms with Crippen molar-refractivity contribution >= 4 is 30.3 Å². The van der Waals surface area contributed by atoms with Gasteiger partial charge in [-0.3, -0.25) is 19.6 Å². The van der Waals surface area contributed by atoms with Gasteiger partial charge in [0.05, 0.1) is 12.3 Å². The molecule has 0 rings (SSSR count). The lowest BCUT2D eigenvalue weighted by atomic mass is 9.99. The first-order valence-corrected chi connectivity index (χ1v) is 20.1. The maximum Gasteiger partial charge on any atom is 0.385 e. The molecule has 0 aliphatic heterocycles. The van der Waals surface area contributed by atoms with E-state index in [-0.39, 0.29) is 21.8 Å². The van der Waals surface area contributed by atoms with Crippen molar-refractivity contribution in [3.05, 3.63) is 0 Å². The molecule has 2 unspecified atom stereocenters. The summed E-state index contributed by atoms with van der Waals surface area (Å²) in [4.78, 5) is 10.7. The van der Waals surface area contributed by atoms with Gasteiger partial charge in [0.2, 0.25) is 0 Å². The van der Waals surface area contributed by atoms with Gasteiger partial charge in [-0.1, -0.05) is 69.2 Å². The normalized spacial score (nSPS) is 16.0. The third kappa shape index (κ3) is 10.8. The Hall–Kier alpha value is 0.464. The molecular weight excluding hydrogens is 569 g/mol. The third-order valence-corrected chi connectivity index (χ3v) is 15.2. The molecule has 2 radical (unpaired) electrons. The van der Waals surface area contributed by atoms with Crippen LogP contribution in [0.1, 0.15) is 82.1 Å². The van der Waals surface area contributed by atoms with E-state index in [1.807, 2.05) is 28.4 Å². The van der Waals surface area contributed by atoms with E-state index in [1.165, 1.54) is 0 Å². The molecule has 0 aliphatic rings. The highest BCUT2D eigenvalue weighted by atomic mass is 32.2. The average Bonchev–Trinajstić information content (AvgIpc) is 3.01. The first-order valence-electron chi connectivity index (χ1n) is 16.2. The van der Waals surface area contributed by atoms with Crippen molar-refractivity contribution in [3.8, 4) is 0 Å². The van der Waals surface area contributed by atoms with Crippen molar-refractivity contribution in [1.29, 1.82) is 0 Å². The van der Waals surface area contributed by atoms with Gasteiger partial charge in [-0.15, -0.1) is 11.8 Å².